The Balaban J connectivity index is 1.83. The highest BCUT2D eigenvalue weighted by atomic mass is 19.4. The number of fused-ring (bicyclic) bond motifs is 1. The Kier molecular flexibility index (Phi) is 5.41. The first-order valence-corrected chi connectivity index (χ1v) is 8.73. The highest BCUT2D eigenvalue weighted by molar-refractivity contribution is 6.10. The molecule has 144 valence electrons. The van der Waals surface area contributed by atoms with Crippen LogP contribution in [0.4, 0.5) is 18.9 Å². The molecule has 0 spiro atoms. The number of aliphatic hydroxyl groups excluding tert-OH is 1. The van der Waals surface area contributed by atoms with E-state index in [1.54, 1.807) is 18.2 Å². The van der Waals surface area contributed by atoms with E-state index in [0.29, 0.717) is 5.56 Å². The monoisotopic (exact) mass is 386 g/mol. The van der Waals surface area contributed by atoms with Crippen LogP contribution >= 0.6 is 0 Å². The third kappa shape index (κ3) is 4.17. The molecule has 0 aliphatic heterocycles. The van der Waals surface area contributed by atoms with Crippen LogP contribution in [0.15, 0.2) is 48.0 Å². The number of alkyl halides is 3. The number of aryl methyl sites for hydroxylation is 2. The summed E-state index contributed by atoms with van der Waals surface area (Å²) >= 11 is 0. The molecule has 1 aliphatic rings. The van der Waals surface area contributed by atoms with Crippen LogP contribution < -0.4 is 5.32 Å². The first-order valence-electron chi connectivity index (χ1n) is 8.73. The van der Waals surface area contributed by atoms with Gasteiger partial charge in [-0.15, -0.1) is 0 Å². The number of carbonyl (C=O) groups excluding carboxylic acids is 1. The van der Waals surface area contributed by atoms with Gasteiger partial charge in [-0.1, -0.05) is 12.1 Å². The molecule has 0 aromatic heterocycles. The van der Waals surface area contributed by atoms with Gasteiger partial charge in [0.2, 0.25) is 0 Å². The van der Waals surface area contributed by atoms with Crippen molar-refractivity contribution >= 4 is 17.4 Å². The van der Waals surface area contributed by atoms with Gasteiger partial charge < -0.3 is 10.4 Å². The average molecular weight is 386 g/mol. The summed E-state index contributed by atoms with van der Waals surface area (Å²) in [6.45, 7) is 0. The lowest BCUT2D eigenvalue weighted by Gasteiger charge is -2.16. The fourth-order valence-electron chi connectivity index (χ4n) is 3.17. The lowest BCUT2D eigenvalue weighted by Crippen LogP contribution is -2.15. The highest BCUT2D eigenvalue weighted by Gasteiger charge is 2.30. The van der Waals surface area contributed by atoms with Crippen molar-refractivity contribution in [1.82, 2.24) is 0 Å². The second-order valence-corrected chi connectivity index (χ2v) is 6.56. The van der Waals surface area contributed by atoms with Crippen molar-refractivity contribution in [2.45, 2.75) is 31.9 Å². The molecule has 2 aromatic carbocycles. The van der Waals surface area contributed by atoms with Gasteiger partial charge in [-0.25, -0.2) is 0 Å². The van der Waals surface area contributed by atoms with Crippen LogP contribution in [0.3, 0.4) is 0 Å². The van der Waals surface area contributed by atoms with Gasteiger partial charge in [0.15, 0.2) is 5.57 Å². The molecule has 7 heteroatoms. The van der Waals surface area contributed by atoms with Crippen LogP contribution in [0.5, 0.6) is 0 Å². The zero-order valence-electron chi connectivity index (χ0n) is 14.8. The number of hydrogen-bond donors (Lipinski definition) is 2. The first-order chi connectivity index (χ1) is 13.3. The number of hydrogen-bond acceptors (Lipinski definition) is 3. The molecule has 0 fully saturated rings. The number of rotatable bonds is 3. The van der Waals surface area contributed by atoms with Crippen LogP contribution in [0.25, 0.3) is 5.76 Å². The third-order valence-electron chi connectivity index (χ3n) is 4.67. The van der Waals surface area contributed by atoms with Crippen molar-refractivity contribution in [2.75, 3.05) is 5.32 Å². The number of carbonyl (C=O) groups is 1. The molecule has 0 unspecified atom stereocenters. The summed E-state index contributed by atoms with van der Waals surface area (Å²) in [5.74, 6) is -1.35. The Bertz CT molecular complexity index is 971. The molecule has 0 radical (unpaired) electrons. The Morgan fingerprint density at radius 2 is 1.68 bits per heavy atom. The highest BCUT2D eigenvalue weighted by Crippen LogP contribution is 2.30. The average Bonchev–Trinajstić information content (AvgIpc) is 2.67. The molecule has 0 heterocycles. The molecule has 0 saturated carbocycles. The number of nitrogens with one attached hydrogen (secondary N) is 1. The fraction of sp³-hybridized carbons (Fsp3) is 0.238. The van der Waals surface area contributed by atoms with Gasteiger partial charge >= 0.3 is 6.18 Å². The number of aliphatic hydroxyl groups is 1. The lowest BCUT2D eigenvalue weighted by molar-refractivity contribution is -0.137. The van der Waals surface area contributed by atoms with Crippen LogP contribution in [0.2, 0.25) is 0 Å². The van der Waals surface area contributed by atoms with Crippen LogP contribution in [0, 0.1) is 11.3 Å². The second kappa shape index (κ2) is 7.77. The fourth-order valence-corrected chi connectivity index (χ4v) is 3.17. The Labute approximate surface area is 159 Å². The van der Waals surface area contributed by atoms with Crippen molar-refractivity contribution in [3.8, 4) is 6.07 Å². The Morgan fingerprint density at radius 3 is 2.29 bits per heavy atom. The van der Waals surface area contributed by atoms with E-state index in [1.165, 1.54) is 5.56 Å². The predicted octanol–water partition coefficient (Wildman–Crippen LogP) is 5.02. The molecular weight excluding hydrogens is 369 g/mol. The zero-order chi connectivity index (χ0) is 20.3. The maximum atomic E-state index is 12.6. The van der Waals surface area contributed by atoms with Crippen LogP contribution in [-0.2, 0) is 23.8 Å². The summed E-state index contributed by atoms with van der Waals surface area (Å²) in [7, 11) is 0. The Hall–Kier alpha value is -3.27. The van der Waals surface area contributed by atoms with Gasteiger partial charge in [0.25, 0.3) is 5.91 Å². The van der Waals surface area contributed by atoms with Gasteiger partial charge in [0, 0.05) is 11.3 Å². The van der Waals surface area contributed by atoms with Crippen LogP contribution in [-0.4, -0.2) is 11.0 Å². The van der Waals surface area contributed by atoms with E-state index in [1.807, 2.05) is 6.07 Å². The van der Waals surface area contributed by atoms with Gasteiger partial charge in [-0.05, 0) is 67.1 Å². The van der Waals surface area contributed by atoms with Gasteiger partial charge in [0.1, 0.15) is 11.8 Å². The zero-order valence-corrected chi connectivity index (χ0v) is 14.8. The van der Waals surface area contributed by atoms with E-state index in [9.17, 15) is 28.3 Å². The van der Waals surface area contributed by atoms with Gasteiger partial charge in [0.05, 0.1) is 5.56 Å². The van der Waals surface area contributed by atoms with Crippen molar-refractivity contribution in [2.24, 2.45) is 0 Å². The van der Waals surface area contributed by atoms with Crippen molar-refractivity contribution in [3.05, 3.63) is 70.3 Å². The van der Waals surface area contributed by atoms with Crippen LogP contribution in [0.1, 0.15) is 35.1 Å². The standard InChI is InChI=1S/C21H17F3N2O2/c22-21(23,24)16-7-9-17(10-8-16)26-20(28)18(12-25)19(27)15-6-5-13-3-1-2-4-14(13)11-15/h5-11,27H,1-4H2,(H,26,28). The summed E-state index contributed by atoms with van der Waals surface area (Å²) in [5, 5.41) is 22.1. The summed E-state index contributed by atoms with van der Waals surface area (Å²) in [6, 6.07) is 10.8. The van der Waals surface area contributed by atoms with E-state index < -0.39 is 29.0 Å². The van der Waals surface area contributed by atoms with E-state index in [4.69, 9.17) is 0 Å². The number of halogens is 3. The molecule has 2 aromatic rings. The summed E-state index contributed by atoms with van der Waals surface area (Å²) in [6.07, 6.45) is -0.506. The summed E-state index contributed by atoms with van der Waals surface area (Å²) in [5.41, 5.74) is 1.36. The molecule has 4 nitrogen and oxygen atoms in total. The molecule has 0 atom stereocenters. The topological polar surface area (TPSA) is 73.1 Å². The summed E-state index contributed by atoms with van der Waals surface area (Å²) < 4.78 is 37.8. The minimum atomic E-state index is -4.48. The molecule has 28 heavy (non-hydrogen) atoms. The summed E-state index contributed by atoms with van der Waals surface area (Å²) in [4.78, 5) is 12.4. The van der Waals surface area contributed by atoms with E-state index in [-0.39, 0.29) is 5.69 Å². The minimum absolute atomic E-state index is 0.0870. The van der Waals surface area contributed by atoms with Crippen molar-refractivity contribution < 1.29 is 23.1 Å². The number of benzene rings is 2. The van der Waals surface area contributed by atoms with Gasteiger partial charge in [-0.2, -0.15) is 18.4 Å². The maximum Gasteiger partial charge on any atom is 0.416 e. The van der Waals surface area contributed by atoms with E-state index in [0.717, 1.165) is 55.5 Å². The van der Waals surface area contributed by atoms with E-state index in [2.05, 4.69) is 5.32 Å². The Morgan fingerprint density at radius 1 is 1.04 bits per heavy atom. The molecule has 0 saturated heterocycles. The number of nitrogens with zero attached hydrogens (tertiary/aromatic N) is 1. The maximum absolute atomic E-state index is 12.6. The first kappa shape index (κ1) is 19.5. The minimum Gasteiger partial charge on any atom is -0.506 e. The van der Waals surface area contributed by atoms with E-state index >= 15 is 0 Å². The molecule has 1 aliphatic carbocycles. The van der Waals surface area contributed by atoms with Gasteiger partial charge in [-0.3, -0.25) is 4.79 Å². The second-order valence-electron chi connectivity index (χ2n) is 6.56. The third-order valence-corrected chi connectivity index (χ3v) is 4.67. The quantitative estimate of drug-likeness (QED) is 0.442. The number of nitriles is 1. The SMILES string of the molecule is N#CC(C(=O)Nc1ccc(C(F)(F)F)cc1)=C(O)c1ccc2c(c1)CCCC2. The molecule has 0 bridgehead atoms. The number of anilines is 1. The van der Waals surface area contributed by atoms with Crippen molar-refractivity contribution in [3.63, 3.8) is 0 Å². The molecule has 1 amide bonds. The normalized spacial score (nSPS) is 14.5. The molecular formula is C21H17F3N2O2. The largest absolute Gasteiger partial charge is 0.506 e. The molecule has 3 rings (SSSR count). The van der Waals surface area contributed by atoms with Crippen molar-refractivity contribution in [1.29, 1.82) is 5.26 Å². The number of amides is 1. The smallest absolute Gasteiger partial charge is 0.416 e. The molecule has 2 N–H and O–H groups in total. The predicted molar refractivity (Wildman–Crippen MR) is 98.3 cm³/mol. The lowest BCUT2D eigenvalue weighted by atomic mass is 9.90.